The lowest BCUT2D eigenvalue weighted by atomic mass is 9.87. The Morgan fingerprint density at radius 3 is 2.93 bits per heavy atom. The Bertz CT molecular complexity index is 836. The first-order valence-corrected chi connectivity index (χ1v) is 9.59. The Balaban J connectivity index is 1.38. The third-order valence-corrected chi connectivity index (χ3v) is 5.54. The van der Waals surface area contributed by atoms with Crippen molar-refractivity contribution in [3.63, 3.8) is 0 Å². The molecule has 1 aliphatic heterocycles. The van der Waals surface area contributed by atoms with Crippen molar-refractivity contribution in [1.29, 1.82) is 0 Å². The Hall–Kier alpha value is -2.53. The maximum atomic E-state index is 12.6. The number of nitrogens with one attached hydrogen (secondary N) is 1. The number of ether oxygens (including phenoxy) is 2. The SMILES string of the molecule is CC(NC(=O)CN(C)C1CCCc2ccccc21)c1ccc2c(c1)OCO2. The summed E-state index contributed by atoms with van der Waals surface area (Å²) in [4.78, 5) is 14.8. The molecular formula is C22H26N2O3. The van der Waals surface area contributed by atoms with Crippen LogP contribution < -0.4 is 14.8 Å². The second-order valence-corrected chi connectivity index (χ2v) is 7.42. The number of benzene rings is 2. The van der Waals surface area contributed by atoms with E-state index in [1.165, 1.54) is 17.5 Å². The fourth-order valence-electron chi connectivity index (χ4n) is 4.08. The third-order valence-electron chi connectivity index (χ3n) is 5.54. The number of carbonyl (C=O) groups excluding carboxylic acids is 1. The molecular weight excluding hydrogens is 340 g/mol. The van der Waals surface area contributed by atoms with E-state index in [0.29, 0.717) is 12.6 Å². The van der Waals surface area contributed by atoms with Gasteiger partial charge in [-0.15, -0.1) is 0 Å². The zero-order valence-corrected chi connectivity index (χ0v) is 15.9. The quantitative estimate of drug-likeness (QED) is 0.878. The second-order valence-electron chi connectivity index (χ2n) is 7.42. The number of hydrogen-bond donors (Lipinski definition) is 1. The first-order valence-electron chi connectivity index (χ1n) is 9.59. The Labute approximate surface area is 160 Å². The van der Waals surface area contributed by atoms with Crippen molar-refractivity contribution in [1.82, 2.24) is 10.2 Å². The minimum atomic E-state index is -0.0842. The number of rotatable bonds is 5. The standard InChI is InChI=1S/C22H26N2O3/c1-15(17-10-11-20-21(12-17)27-14-26-20)23-22(25)13-24(2)19-9-5-7-16-6-3-4-8-18(16)19/h3-4,6,8,10-12,15,19H,5,7,9,13-14H2,1-2H3,(H,23,25). The van der Waals surface area contributed by atoms with Crippen LogP contribution in [0.25, 0.3) is 0 Å². The van der Waals surface area contributed by atoms with E-state index in [9.17, 15) is 4.79 Å². The van der Waals surface area contributed by atoms with Gasteiger partial charge in [-0.05, 0) is 62.1 Å². The average molecular weight is 366 g/mol. The summed E-state index contributed by atoms with van der Waals surface area (Å²) < 4.78 is 10.8. The smallest absolute Gasteiger partial charge is 0.234 e. The summed E-state index contributed by atoms with van der Waals surface area (Å²) in [7, 11) is 2.04. The van der Waals surface area contributed by atoms with Crippen LogP contribution in [0.2, 0.25) is 0 Å². The number of amides is 1. The zero-order valence-electron chi connectivity index (χ0n) is 15.9. The molecule has 2 aromatic carbocycles. The highest BCUT2D eigenvalue weighted by atomic mass is 16.7. The van der Waals surface area contributed by atoms with Crippen LogP contribution in [0, 0.1) is 0 Å². The van der Waals surface area contributed by atoms with E-state index < -0.39 is 0 Å². The summed E-state index contributed by atoms with van der Waals surface area (Å²) in [5, 5.41) is 3.10. The van der Waals surface area contributed by atoms with Gasteiger partial charge >= 0.3 is 0 Å². The van der Waals surface area contributed by atoms with Gasteiger partial charge in [-0.1, -0.05) is 30.3 Å². The fourth-order valence-corrected chi connectivity index (χ4v) is 4.08. The van der Waals surface area contributed by atoms with Crippen LogP contribution >= 0.6 is 0 Å². The lowest BCUT2D eigenvalue weighted by Crippen LogP contribution is -2.39. The van der Waals surface area contributed by atoms with E-state index in [1.807, 2.05) is 32.2 Å². The summed E-state index contributed by atoms with van der Waals surface area (Å²) in [5.74, 6) is 1.53. The average Bonchev–Trinajstić information content (AvgIpc) is 3.15. The van der Waals surface area contributed by atoms with Gasteiger partial charge < -0.3 is 14.8 Å². The zero-order chi connectivity index (χ0) is 18.8. The minimum absolute atomic E-state index is 0.0331. The van der Waals surface area contributed by atoms with Crippen LogP contribution in [0.15, 0.2) is 42.5 Å². The van der Waals surface area contributed by atoms with Crippen molar-refractivity contribution in [3.8, 4) is 11.5 Å². The molecule has 2 unspecified atom stereocenters. The van der Waals surface area contributed by atoms with Crippen LogP contribution in [0.3, 0.4) is 0 Å². The molecule has 5 heteroatoms. The van der Waals surface area contributed by atoms with Crippen LogP contribution in [0.5, 0.6) is 11.5 Å². The van der Waals surface area contributed by atoms with Gasteiger partial charge in [-0.3, -0.25) is 9.69 Å². The molecule has 4 rings (SSSR count). The molecule has 2 atom stereocenters. The molecule has 1 N–H and O–H groups in total. The normalized spacial score (nSPS) is 18.9. The molecule has 0 spiro atoms. The summed E-state index contributed by atoms with van der Waals surface area (Å²) in [6.07, 6.45) is 3.40. The lowest BCUT2D eigenvalue weighted by molar-refractivity contribution is -0.123. The van der Waals surface area contributed by atoms with Crippen molar-refractivity contribution in [2.75, 3.05) is 20.4 Å². The summed E-state index contributed by atoms with van der Waals surface area (Å²) in [5.41, 5.74) is 3.79. The molecule has 0 saturated heterocycles. The molecule has 0 bridgehead atoms. The van der Waals surface area contributed by atoms with Crippen LogP contribution in [0.4, 0.5) is 0 Å². The minimum Gasteiger partial charge on any atom is -0.454 e. The molecule has 1 aliphatic carbocycles. The third kappa shape index (κ3) is 3.78. The highest BCUT2D eigenvalue weighted by Gasteiger charge is 2.25. The van der Waals surface area contributed by atoms with Gasteiger partial charge in [0.1, 0.15) is 0 Å². The largest absolute Gasteiger partial charge is 0.454 e. The topological polar surface area (TPSA) is 50.8 Å². The number of nitrogens with zero attached hydrogens (tertiary/aromatic N) is 1. The lowest BCUT2D eigenvalue weighted by Gasteiger charge is -2.33. The molecule has 1 heterocycles. The number of aryl methyl sites for hydroxylation is 1. The van der Waals surface area contributed by atoms with Crippen LogP contribution in [0.1, 0.15) is 48.5 Å². The van der Waals surface area contributed by atoms with Gasteiger partial charge in [0.15, 0.2) is 11.5 Å². The van der Waals surface area contributed by atoms with Crippen molar-refractivity contribution >= 4 is 5.91 Å². The van der Waals surface area contributed by atoms with Crippen LogP contribution in [-0.2, 0) is 11.2 Å². The molecule has 0 aromatic heterocycles. The number of carbonyl (C=O) groups is 1. The first-order chi connectivity index (χ1) is 13.1. The number of hydrogen-bond acceptors (Lipinski definition) is 4. The monoisotopic (exact) mass is 366 g/mol. The number of likely N-dealkylation sites (N-methyl/N-ethyl adjacent to an activating group) is 1. The number of fused-ring (bicyclic) bond motifs is 2. The van der Waals surface area contributed by atoms with Crippen molar-refractivity contribution < 1.29 is 14.3 Å². The first kappa shape index (κ1) is 17.9. The molecule has 0 fully saturated rings. The molecule has 27 heavy (non-hydrogen) atoms. The Kier molecular flexibility index (Phi) is 5.03. The molecule has 1 amide bonds. The van der Waals surface area contributed by atoms with E-state index in [4.69, 9.17) is 9.47 Å². The summed E-state index contributed by atoms with van der Waals surface area (Å²) in [6.45, 7) is 2.63. The van der Waals surface area contributed by atoms with Gasteiger partial charge in [-0.2, -0.15) is 0 Å². The van der Waals surface area contributed by atoms with Gasteiger partial charge in [0.2, 0.25) is 12.7 Å². The molecule has 5 nitrogen and oxygen atoms in total. The fraction of sp³-hybridized carbons (Fsp3) is 0.409. The molecule has 2 aromatic rings. The Morgan fingerprint density at radius 1 is 1.22 bits per heavy atom. The van der Waals surface area contributed by atoms with Gasteiger partial charge in [0.25, 0.3) is 0 Å². The summed E-state index contributed by atoms with van der Waals surface area (Å²) in [6, 6.07) is 14.6. The highest BCUT2D eigenvalue weighted by Crippen LogP contribution is 2.35. The van der Waals surface area contributed by atoms with E-state index in [2.05, 4.69) is 34.5 Å². The molecule has 2 aliphatic rings. The van der Waals surface area contributed by atoms with Gasteiger partial charge in [0, 0.05) is 6.04 Å². The maximum absolute atomic E-state index is 12.6. The predicted octanol–water partition coefficient (Wildman–Crippen LogP) is 3.60. The molecule has 142 valence electrons. The molecule has 0 saturated carbocycles. The van der Waals surface area contributed by atoms with E-state index >= 15 is 0 Å². The van der Waals surface area contributed by atoms with E-state index in [-0.39, 0.29) is 18.7 Å². The van der Waals surface area contributed by atoms with Gasteiger partial charge in [0.05, 0.1) is 12.6 Å². The van der Waals surface area contributed by atoms with Crippen LogP contribution in [-0.4, -0.2) is 31.2 Å². The van der Waals surface area contributed by atoms with E-state index in [1.54, 1.807) is 0 Å². The maximum Gasteiger partial charge on any atom is 0.234 e. The van der Waals surface area contributed by atoms with Crippen molar-refractivity contribution in [2.24, 2.45) is 0 Å². The Morgan fingerprint density at radius 2 is 2.04 bits per heavy atom. The van der Waals surface area contributed by atoms with Crippen molar-refractivity contribution in [3.05, 3.63) is 59.2 Å². The summed E-state index contributed by atoms with van der Waals surface area (Å²) >= 11 is 0. The molecule has 0 radical (unpaired) electrons. The second kappa shape index (κ2) is 7.61. The van der Waals surface area contributed by atoms with Crippen molar-refractivity contribution in [2.45, 2.75) is 38.3 Å². The highest BCUT2D eigenvalue weighted by molar-refractivity contribution is 5.78. The predicted molar refractivity (Wildman–Crippen MR) is 104 cm³/mol. The van der Waals surface area contributed by atoms with Gasteiger partial charge in [-0.25, -0.2) is 0 Å². The van der Waals surface area contributed by atoms with E-state index in [0.717, 1.165) is 29.9 Å².